The van der Waals surface area contributed by atoms with Gasteiger partial charge in [0.25, 0.3) is 5.91 Å². The first-order chi connectivity index (χ1) is 11.6. The summed E-state index contributed by atoms with van der Waals surface area (Å²) in [6, 6.07) is 0. The smallest absolute Gasteiger partial charge is 0.251 e. The third-order valence-electron chi connectivity index (χ3n) is 3.76. The van der Waals surface area contributed by atoms with Gasteiger partial charge in [0.15, 0.2) is 0 Å². The van der Waals surface area contributed by atoms with Gasteiger partial charge in [0, 0.05) is 10.4 Å². The van der Waals surface area contributed by atoms with E-state index in [4.69, 9.17) is 5.73 Å². The molecule has 0 bridgehead atoms. The van der Waals surface area contributed by atoms with E-state index >= 15 is 0 Å². The van der Waals surface area contributed by atoms with Gasteiger partial charge in [-0.05, 0) is 52.6 Å². The summed E-state index contributed by atoms with van der Waals surface area (Å²) in [4.78, 5) is 38.7. The minimum Gasteiger partial charge on any atom is -0.365 e. The Morgan fingerprint density at radius 2 is 1.80 bits per heavy atom. The van der Waals surface area contributed by atoms with Gasteiger partial charge in [-0.15, -0.1) is 11.3 Å². The molecule has 1 aromatic rings. The fraction of sp³-hybridized carbons (Fsp3) is 0.588. The van der Waals surface area contributed by atoms with Gasteiger partial charge in [0.05, 0.1) is 18.7 Å². The van der Waals surface area contributed by atoms with Crippen molar-refractivity contribution in [2.45, 2.75) is 45.6 Å². The van der Waals surface area contributed by atoms with Crippen molar-refractivity contribution in [1.82, 2.24) is 10.2 Å². The lowest BCUT2D eigenvalue weighted by Gasteiger charge is -2.23. The molecule has 0 spiro atoms. The molecule has 4 N–H and O–H groups in total. The van der Waals surface area contributed by atoms with Gasteiger partial charge in [-0.25, -0.2) is 0 Å². The second-order valence-corrected chi connectivity index (χ2v) is 8.55. The van der Waals surface area contributed by atoms with Crippen molar-refractivity contribution in [2.24, 2.45) is 5.73 Å². The summed E-state index contributed by atoms with van der Waals surface area (Å²) in [7, 11) is 1.70. The maximum atomic E-state index is 12.3. The van der Waals surface area contributed by atoms with E-state index in [2.05, 4.69) is 10.6 Å². The summed E-state index contributed by atoms with van der Waals surface area (Å²) in [5, 5.41) is 6.15. The largest absolute Gasteiger partial charge is 0.365 e. The zero-order valence-electron chi connectivity index (χ0n) is 15.2. The van der Waals surface area contributed by atoms with Crippen LogP contribution in [0.25, 0.3) is 0 Å². The van der Waals surface area contributed by atoms with Crippen LogP contribution in [-0.2, 0) is 22.4 Å². The minimum absolute atomic E-state index is 0.0539. The fourth-order valence-corrected chi connectivity index (χ4v) is 4.23. The van der Waals surface area contributed by atoms with Crippen LogP contribution in [0.2, 0.25) is 0 Å². The van der Waals surface area contributed by atoms with Gasteiger partial charge in [0.2, 0.25) is 11.8 Å². The highest BCUT2D eigenvalue weighted by Crippen LogP contribution is 2.38. The highest BCUT2D eigenvalue weighted by atomic mass is 32.1. The summed E-state index contributed by atoms with van der Waals surface area (Å²) in [6.07, 6.45) is 2.76. The van der Waals surface area contributed by atoms with E-state index in [1.165, 1.54) is 11.3 Å². The first-order valence-corrected chi connectivity index (χ1v) is 9.12. The number of likely N-dealkylation sites (N-methyl/N-ethyl adjacent to an activating group) is 1. The Bertz CT molecular complexity index is 691. The molecular formula is C17H26N4O3S. The predicted octanol–water partition coefficient (Wildman–Crippen LogP) is 1.12. The zero-order valence-corrected chi connectivity index (χ0v) is 16.0. The average molecular weight is 366 g/mol. The molecule has 3 amide bonds. The van der Waals surface area contributed by atoms with Crippen LogP contribution < -0.4 is 16.4 Å². The highest BCUT2D eigenvalue weighted by Gasteiger charge is 2.26. The maximum absolute atomic E-state index is 12.3. The number of hydrogen-bond acceptors (Lipinski definition) is 5. The van der Waals surface area contributed by atoms with E-state index in [1.54, 1.807) is 11.9 Å². The zero-order chi connectivity index (χ0) is 18.8. The molecule has 1 heterocycles. The van der Waals surface area contributed by atoms with E-state index in [0.717, 1.165) is 29.7 Å². The van der Waals surface area contributed by atoms with E-state index in [1.807, 2.05) is 20.8 Å². The van der Waals surface area contributed by atoms with Gasteiger partial charge in [0.1, 0.15) is 5.00 Å². The van der Waals surface area contributed by atoms with Crippen molar-refractivity contribution >= 4 is 34.1 Å². The first-order valence-electron chi connectivity index (χ1n) is 8.30. The number of fused-ring (bicyclic) bond motifs is 1. The number of hydrogen-bond donors (Lipinski definition) is 3. The summed E-state index contributed by atoms with van der Waals surface area (Å²) in [5.74, 6) is -0.920. The van der Waals surface area contributed by atoms with Gasteiger partial charge in [-0.2, -0.15) is 0 Å². The molecule has 0 fully saturated rings. The molecule has 1 aromatic heterocycles. The molecule has 7 nitrogen and oxygen atoms in total. The van der Waals surface area contributed by atoms with E-state index in [0.29, 0.717) is 10.6 Å². The molecule has 0 aliphatic heterocycles. The molecule has 0 unspecified atom stereocenters. The van der Waals surface area contributed by atoms with Gasteiger partial charge >= 0.3 is 0 Å². The average Bonchev–Trinajstić information content (AvgIpc) is 2.94. The number of amides is 3. The summed E-state index contributed by atoms with van der Waals surface area (Å²) >= 11 is 1.42. The predicted molar refractivity (Wildman–Crippen MR) is 98.9 cm³/mol. The quantitative estimate of drug-likeness (QED) is 0.702. The molecule has 1 aliphatic rings. The fourth-order valence-electron chi connectivity index (χ4n) is 2.92. The minimum atomic E-state index is -0.507. The topological polar surface area (TPSA) is 105 Å². The SMILES string of the molecule is CN(CC(=O)Nc1sc2c(c1C(N)=O)CCC2)CC(=O)NC(C)(C)C. The van der Waals surface area contributed by atoms with Crippen molar-refractivity contribution in [2.75, 3.05) is 25.5 Å². The van der Waals surface area contributed by atoms with Crippen molar-refractivity contribution in [3.63, 3.8) is 0 Å². The summed E-state index contributed by atoms with van der Waals surface area (Å²) in [6.45, 7) is 5.88. The number of nitrogens with zero attached hydrogens (tertiary/aromatic N) is 1. The maximum Gasteiger partial charge on any atom is 0.251 e. The van der Waals surface area contributed by atoms with Crippen LogP contribution in [0, 0.1) is 0 Å². The Labute approximate surface area is 151 Å². The normalized spacial score (nSPS) is 13.6. The Morgan fingerprint density at radius 3 is 2.40 bits per heavy atom. The molecule has 0 radical (unpaired) electrons. The Hall–Kier alpha value is -1.93. The lowest BCUT2D eigenvalue weighted by molar-refractivity contribution is -0.124. The van der Waals surface area contributed by atoms with Gasteiger partial charge < -0.3 is 16.4 Å². The number of carbonyl (C=O) groups excluding carboxylic acids is 3. The standard InChI is InChI=1S/C17H26N4O3S/c1-17(2,3)20-13(23)9-21(4)8-12(22)19-16-14(15(18)24)10-6-5-7-11(10)25-16/h5-9H2,1-4H3,(H2,18,24)(H,19,22)(H,20,23). The molecule has 138 valence electrons. The number of thiophene rings is 1. The number of primary amides is 1. The van der Waals surface area contributed by atoms with Crippen molar-refractivity contribution in [1.29, 1.82) is 0 Å². The Morgan fingerprint density at radius 1 is 1.16 bits per heavy atom. The third-order valence-corrected chi connectivity index (χ3v) is 4.97. The molecule has 25 heavy (non-hydrogen) atoms. The molecule has 0 aromatic carbocycles. The first kappa shape index (κ1) is 19.4. The molecule has 0 saturated heterocycles. The van der Waals surface area contributed by atoms with Crippen LogP contribution in [0.5, 0.6) is 0 Å². The van der Waals surface area contributed by atoms with Crippen LogP contribution in [0.4, 0.5) is 5.00 Å². The number of nitrogens with one attached hydrogen (secondary N) is 2. The van der Waals surface area contributed by atoms with Crippen molar-refractivity contribution in [3.8, 4) is 0 Å². The van der Waals surface area contributed by atoms with Crippen molar-refractivity contribution in [3.05, 3.63) is 16.0 Å². The molecule has 0 saturated carbocycles. The van der Waals surface area contributed by atoms with Gasteiger partial charge in [-0.3, -0.25) is 19.3 Å². The van der Waals surface area contributed by atoms with Crippen LogP contribution in [-0.4, -0.2) is 48.3 Å². The number of aryl methyl sites for hydroxylation is 1. The Kier molecular flexibility index (Phi) is 5.84. The summed E-state index contributed by atoms with van der Waals surface area (Å²) < 4.78 is 0. The number of carbonyl (C=O) groups is 3. The number of rotatable bonds is 6. The lowest BCUT2D eigenvalue weighted by Crippen LogP contribution is -2.46. The van der Waals surface area contributed by atoms with Crippen LogP contribution in [0.15, 0.2) is 0 Å². The molecule has 8 heteroatoms. The monoisotopic (exact) mass is 366 g/mol. The molecular weight excluding hydrogens is 340 g/mol. The van der Waals surface area contributed by atoms with Crippen LogP contribution in [0.3, 0.4) is 0 Å². The molecule has 2 rings (SSSR count). The molecule has 0 atom stereocenters. The number of anilines is 1. The van der Waals surface area contributed by atoms with Crippen LogP contribution in [0.1, 0.15) is 48.0 Å². The second-order valence-electron chi connectivity index (χ2n) is 7.44. The lowest BCUT2D eigenvalue weighted by atomic mass is 10.1. The van der Waals surface area contributed by atoms with Gasteiger partial charge in [-0.1, -0.05) is 0 Å². The van der Waals surface area contributed by atoms with Crippen LogP contribution >= 0.6 is 11.3 Å². The van der Waals surface area contributed by atoms with E-state index in [-0.39, 0.29) is 30.4 Å². The Balaban J connectivity index is 1.95. The summed E-state index contributed by atoms with van der Waals surface area (Å²) in [5.41, 5.74) is 6.60. The van der Waals surface area contributed by atoms with E-state index in [9.17, 15) is 14.4 Å². The molecule has 1 aliphatic carbocycles. The third kappa shape index (κ3) is 5.27. The number of nitrogens with two attached hydrogens (primary N) is 1. The van der Waals surface area contributed by atoms with Crippen molar-refractivity contribution < 1.29 is 14.4 Å². The second kappa shape index (κ2) is 7.53. The van der Waals surface area contributed by atoms with E-state index < -0.39 is 5.91 Å². The highest BCUT2D eigenvalue weighted by molar-refractivity contribution is 7.17.